The lowest BCUT2D eigenvalue weighted by molar-refractivity contribution is -0.383. The Morgan fingerprint density at radius 1 is 1.35 bits per heavy atom. The van der Waals surface area contributed by atoms with Crippen molar-refractivity contribution < 1.29 is 29.1 Å². The largest absolute Gasteiger partial charge is 0.508 e. The molecule has 0 aliphatic carbocycles. The zero-order chi connectivity index (χ0) is 13.5. The Morgan fingerprint density at radius 2 is 1.94 bits per heavy atom. The van der Waals surface area contributed by atoms with Gasteiger partial charge in [0.25, 0.3) is 0 Å². The molecule has 0 spiro atoms. The van der Waals surface area contributed by atoms with Crippen molar-refractivity contribution in [2.75, 3.05) is 13.2 Å². The summed E-state index contributed by atoms with van der Waals surface area (Å²) in [5.74, 6) is -1.43. The van der Waals surface area contributed by atoms with Crippen LogP contribution in [0.1, 0.15) is 27.7 Å². The van der Waals surface area contributed by atoms with Crippen molar-refractivity contribution in [2.24, 2.45) is 0 Å². The predicted octanol–water partition coefficient (Wildman–Crippen LogP) is 2.35. The fraction of sp³-hybridized carbons (Fsp3) is 0.727. The number of ether oxygens (including phenoxy) is 2. The van der Waals surface area contributed by atoms with E-state index >= 15 is 0 Å². The molecule has 100 valence electrons. The van der Waals surface area contributed by atoms with E-state index in [1.165, 1.54) is 13.0 Å². The van der Waals surface area contributed by atoms with Crippen LogP contribution in [0.25, 0.3) is 0 Å². The molecule has 0 amide bonds. The van der Waals surface area contributed by atoms with Gasteiger partial charge in [-0.1, -0.05) is 6.08 Å². The Hall–Kier alpha value is -1.11. The fourth-order valence-electron chi connectivity index (χ4n) is 0.834. The van der Waals surface area contributed by atoms with Crippen LogP contribution in [-0.4, -0.2) is 35.9 Å². The number of hydrogen-bond acceptors (Lipinski definition) is 5. The van der Waals surface area contributed by atoms with Gasteiger partial charge in [-0.05, 0) is 20.8 Å². The first kappa shape index (κ1) is 15.9. The molecular formula is C11H20O6. The normalized spacial score (nSPS) is 15.1. The Balaban J connectivity index is 4.27. The predicted molar refractivity (Wildman–Crippen MR) is 60.5 cm³/mol. The Kier molecular flexibility index (Phi) is 6.15. The van der Waals surface area contributed by atoms with Gasteiger partial charge in [-0.15, -0.1) is 6.58 Å². The molecule has 0 bridgehead atoms. The molecule has 0 aromatic rings. The van der Waals surface area contributed by atoms with Crippen LogP contribution in [0.4, 0.5) is 4.79 Å². The molecule has 0 aliphatic heterocycles. The molecule has 0 saturated heterocycles. The highest BCUT2D eigenvalue weighted by atomic mass is 17.2. The van der Waals surface area contributed by atoms with Gasteiger partial charge < -0.3 is 14.6 Å². The second-order valence-corrected chi connectivity index (χ2v) is 4.56. The van der Waals surface area contributed by atoms with E-state index in [4.69, 9.17) is 19.6 Å². The minimum Gasteiger partial charge on any atom is -0.450 e. The van der Waals surface area contributed by atoms with Gasteiger partial charge in [0.05, 0.1) is 12.2 Å². The molecule has 0 heterocycles. The molecule has 1 unspecified atom stereocenters. The first-order chi connectivity index (χ1) is 7.68. The third-order valence-corrected chi connectivity index (χ3v) is 1.44. The Morgan fingerprint density at radius 3 is 2.35 bits per heavy atom. The van der Waals surface area contributed by atoms with Crippen LogP contribution in [0.5, 0.6) is 0 Å². The van der Waals surface area contributed by atoms with E-state index in [1.807, 2.05) is 0 Å². The van der Waals surface area contributed by atoms with Gasteiger partial charge in [-0.25, -0.2) is 14.6 Å². The quantitative estimate of drug-likeness (QED) is 0.245. The summed E-state index contributed by atoms with van der Waals surface area (Å²) in [5.41, 5.74) is -0.497. The minimum atomic E-state index is -1.45. The molecule has 0 aliphatic rings. The zero-order valence-corrected chi connectivity index (χ0v) is 10.7. The summed E-state index contributed by atoms with van der Waals surface area (Å²) in [4.78, 5) is 20.4. The van der Waals surface area contributed by atoms with E-state index in [0.29, 0.717) is 0 Å². The third-order valence-electron chi connectivity index (χ3n) is 1.44. The maximum Gasteiger partial charge on any atom is 0.508 e. The van der Waals surface area contributed by atoms with Crippen molar-refractivity contribution in [1.29, 1.82) is 0 Å². The molecule has 1 N–H and O–H groups in total. The van der Waals surface area contributed by atoms with Crippen LogP contribution >= 0.6 is 0 Å². The lowest BCUT2D eigenvalue weighted by atomic mass is 10.2. The molecule has 6 heteroatoms. The monoisotopic (exact) mass is 248 g/mol. The van der Waals surface area contributed by atoms with Crippen molar-refractivity contribution >= 4 is 6.16 Å². The number of hydrogen-bond donors (Lipinski definition) is 1. The molecule has 0 aromatic carbocycles. The summed E-state index contributed by atoms with van der Waals surface area (Å²) in [6.45, 7) is 10.3. The van der Waals surface area contributed by atoms with Crippen molar-refractivity contribution in [2.45, 2.75) is 39.1 Å². The molecule has 17 heavy (non-hydrogen) atoms. The minimum absolute atomic E-state index is 0.142. The summed E-state index contributed by atoms with van der Waals surface area (Å²) in [7, 11) is 0. The molecule has 6 nitrogen and oxygen atoms in total. The molecular weight excluding hydrogens is 228 g/mol. The van der Waals surface area contributed by atoms with Crippen LogP contribution < -0.4 is 0 Å². The van der Waals surface area contributed by atoms with E-state index in [9.17, 15) is 4.79 Å². The zero-order valence-electron chi connectivity index (χ0n) is 10.7. The average molecular weight is 248 g/mol. The topological polar surface area (TPSA) is 74.2 Å². The lowest BCUT2D eigenvalue weighted by Crippen LogP contribution is -2.40. The second kappa shape index (κ2) is 6.58. The van der Waals surface area contributed by atoms with E-state index in [-0.39, 0.29) is 13.2 Å². The smallest absolute Gasteiger partial charge is 0.450 e. The van der Waals surface area contributed by atoms with E-state index in [2.05, 4.69) is 11.3 Å². The van der Waals surface area contributed by atoms with Crippen LogP contribution in [0, 0.1) is 0 Å². The van der Waals surface area contributed by atoms with E-state index < -0.39 is 17.5 Å². The first-order valence-electron chi connectivity index (χ1n) is 5.16. The molecule has 0 fully saturated rings. The third kappa shape index (κ3) is 8.67. The molecule has 0 radical (unpaired) electrons. The summed E-state index contributed by atoms with van der Waals surface area (Å²) >= 11 is 0. The molecule has 1 atom stereocenters. The summed E-state index contributed by atoms with van der Waals surface area (Å²) in [6, 6.07) is 0. The SMILES string of the molecule is C=CCOC(C)(COOC(C)(C)C)OC(=O)O. The van der Waals surface area contributed by atoms with Crippen LogP contribution in [-0.2, 0) is 19.2 Å². The number of carboxylic acid groups (broad SMARTS) is 1. The lowest BCUT2D eigenvalue weighted by Gasteiger charge is -2.28. The molecule has 0 rings (SSSR count). The van der Waals surface area contributed by atoms with Crippen LogP contribution in [0.15, 0.2) is 12.7 Å². The van der Waals surface area contributed by atoms with Crippen LogP contribution in [0.2, 0.25) is 0 Å². The highest BCUT2D eigenvalue weighted by molar-refractivity contribution is 5.57. The van der Waals surface area contributed by atoms with Gasteiger partial charge in [0.1, 0.15) is 6.61 Å². The van der Waals surface area contributed by atoms with Gasteiger partial charge in [-0.2, -0.15) is 0 Å². The maximum absolute atomic E-state index is 10.5. The van der Waals surface area contributed by atoms with E-state index in [0.717, 1.165) is 0 Å². The van der Waals surface area contributed by atoms with Gasteiger partial charge in [0.15, 0.2) is 0 Å². The van der Waals surface area contributed by atoms with Crippen molar-refractivity contribution in [3.63, 3.8) is 0 Å². The first-order valence-corrected chi connectivity index (χ1v) is 5.16. The highest BCUT2D eigenvalue weighted by Gasteiger charge is 2.31. The van der Waals surface area contributed by atoms with E-state index in [1.54, 1.807) is 20.8 Å². The summed E-state index contributed by atoms with van der Waals surface area (Å²) in [6.07, 6.45) is 0.0320. The van der Waals surface area contributed by atoms with Gasteiger partial charge >= 0.3 is 6.16 Å². The van der Waals surface area contributed by atoms with Crippen molar-refractivity contribution in [3.8, 4) is 0 Å². The molecule has 0 aromatic heterocycles. The summed E-state index contributed by atoms with van der Waals surface area (Å²) < 4.78 is 9.77. The molecule has 0 saturated carbocycles. The Labute approximate surface area is 101 Å². The highest BCUT2D eigenvalue weighted by Crippen LogP contribution is 2.16. The van der Waals surface area contributed by atoms with Gasteiger partial charge in [0, 0.05) is 6.92 Å². The fourth-order valence-corrected chi connectivity index (χ4v) is 0.834. The second-order valence-electron chi connectivity index (χ2n) is 4.56. The Bertz CT molecular complexity index is 257. The van der Waals surface area contributed by atoms with Crippen molar-refractivity contribution in [3.05, 3.63) is 12.7 Å². The maximum atomic E-state index is 10.5. The standard InChI is InChI=1S/C11H20O6/c1-6-7-14-11(5,16-9(12)13)8-15-17-10(2,3)4/h6H,1,7-8H2,2-5H3,(H,12,13). The average Bonchev–Trinajstić information content (AvgIpc) is 2.11. The van der Waals surface area contributed by atoms with Crippen molar-refractivity contribution in [1.82, 2.24) is 0 Å². The van der Waals surface area contributed by atoms with Gasteiger partial charge in [0.2, 0.25) is 5.79 Å². The summed E-state index contributed by atoms with van der Waals surface area (Å²) in [5, 5.41) is 8.58. The number of carbonyl (C=O) groups is 1. The van der Waals surface area contributed by atoms with Crippen LogP contribution in [0.3, 0.4) is 0 Å². The number of rotatable bonds is 7. The van der Waals surface area contributed by atoms with Gasteiger partial charge in [-0.3, -0.25) is 0 Å².